The lowest BCUT2D eigenvalue weighted by Crippen LogP contribution is -2.02. The number of rotatable bonds is 6. The fourth-order valence-corrected chi connectivity index (χ4v) is 1.86. The van der Waals surface area contributed by atoms with Crippen LogP contribution < -0.4 is 0 Å². The molecule has 0 fully saturated rings. The van der Waals surface area contributed by atoms with E-state index < -0.39 is 0 Å². The van der Waals surface area contributed by atoms with E-state index in [9.17, 15) is 9.59 Å². The van der Waals surface area contributed by atoms with Crippen molar-refractivity contribution in [1.82, 2.24) is 0 Å². The molecule has 0 saturated heterocycles. The molecule has 0 aromatic carbocycles. The molecule has 1 heterocycles. The van der Waals surface area contributed by atoms with Crippen molar-refractivity contribution in [2.45, 2.75) is 26.2 Å². The quantitative estimate of drug-likeness (QED) is 0.425. The zero-order chi connectivity index (χ0) is 11.1. The largest absolute Gasteiger partial charge is 0.466 e. The van der Waals surface area contributed by atoms with Crippen LogP contribution in [0.15, 0.2) is 17.5 Å². The van der Waals surface area contributed by atoms with Gasteiger partial charge in [-0.3, -0.25) is 9.59 Å². The first kappa shape index (κ1) is 11.9. The second-order valence-electron chi connectivity index (χ2n) is 3.20. The van der Waals surface area contributed by atoms with E-state index in [1.54, 1.807) is 0 Å². The summed E-state index contributed by atoms with van der Waals surface area (Å²) in [6, 6.07) is 3.70. The Morgan fingerprint density at radius 3 is 2.80 bits per heavy atom. The highest BCUT2D eigenvalue weighted by Gasteiger charge is 2.05. The second kappa shape index (κ2) is 6.35. The van der Waals surface area contributed by atoms with Gasteiger partial charge in [-0.15, -0.1) is 11.3 Å². The minimum absolute atomic E-state index is 0.174. The number of ether oxygens (including phenoxy) is 1. The predicted octanol–water partition coefficient (Wildman–Crippen LogP) is 2.66. The monoisotopic (exact) mass is 226 g/mol. The summed E-state index contributed by atoms with van der Waals surface area (Å²) in [5.41, 5.74) is 0. The molecule has 0 unspecified atom stereocenters. The molecule has 0 N–H and O–H groups in total. The number of carbonyl (C=O) groups is 2. The molecule has 82 valence electrons. The molecule has 15 heavy (non-hydrogen) atoms. The number of ketones is 1. The third kappa shape index (κ3) is 4.74. The van der Waals surface area contributed by atoms with Crippen LogP contribution in [0.3, 0.4) is 0 Å². The summed E-state index contributed by atoms with van der Waals surface area (Å²) in [4.78, 5) is 22.8. The van der Waals surface area contributed by atoms with Gasteiger partial charge in [0.1, 0.15) is 0 Å². The maximum Gasteiger partial charge on any atom is 0.302 e. The summed E-state index contributed by atoms with van der Waals surface area (Å²) >= 11 is 1.46. The van der Waals surface area contributed by atoms with Crippen LogP contribution in [0.2, 0.25) is 0 Å². The Kier molecular flexibility index (Phi) is 5.04. The van der Waals surface area contributed by atoms with Crippen molar-refractivity contribution >= 4 is 23.1 Å². The van der Waals surface area contributed by atoms with Crippen LogP contribution in [0.4, 0.5) is 0 Å². The van der Waals surface area contributed by atoms with Gasteiger partial charge in [0.15, 0.2) is 5.78 Å². The fourth-order valence-electron chi connectivity index (χ4n) is 1.16. The molecule has 1 rings (SSSR count). The van der Waals surface area contributed by atoms with Crippen molar-refractivity contribution in [3.8, 4) is 0 Å². The van der Waals surface area contributed by atoms with Gasteiger partial charge in [-0.25, -0.2) is 0 Å². The normalized spacial score (nSPS) is 9.93. The van der Waals surface area contributed by atoms with Crippen LogP contribution in [0, 0.1) is 0 Å². The third-order valence-electron chi connectivity index (χ3n) is 1.90. The smallest absolute Gasteiger partial charge is 0.302 e. The molecule has 0 aliphatic carbocycles. The molecule has 0 radical (unpaired) electrons. The lowest BCUT2D eigenvalue weighted by atomic mass is 10.1. The molecular formula is C11H14O3S. The van der Waals surface area contributed by atoms with E-state index in [1.807, 2.05) is 17.5 Å². The van der Waals surface area contributed by atoms with Crippen molar-refractivity contribution in [3.05, 3.63) is 22.4 Å². The summed E-state index contributed by atoms with van der Waals surface area (Å²) in [5, 5.41) is 1.89. The minimum atomic E-state index is -0.264. The van der Waals surface area contributed by atoms with Gasteiger partial charge in [-0.2, -0.15) is 0 Å². The highest BCUT2D eigenvalue weighted by Crippen LogP contribution is 2.12. The Labute approximate surface area is 93.1 Å². The lowest BCUT2D eigenvalue weighted by molar-refractivity contribution is -0.141. The maximum atomic E-state index is 11.5. The van der Waals surface area contributed by atoms with E-state index in [-0.39, 0.29) is 11.8 Å². The van der Waals surface area contributed by atoms with Crippen molar-refractivity contribution < 1.29 is 14.3 Å². The zero-order valence-corrected chi connectivity index (χ0v) is 9.51. The molecular weight excluding hydrogens is 212 g/mol. The molecule has 0 atom stereocenters. The summed E-state index contributed by atoms with van der Waals surface area (Å²) in [7, 11) is 0. The van der Waals surface area contributed by atoms with Gasteiger partial charge in [0.05, 0.1) is 11.5 Å². The first-order chi connectivity index (χ1) is 7.20. The van der Waals surface area contributed by atoms with E-state index in [0.717, 1.165) is 17.7 Å². The standard InChI is InChI=1S/C11H14O3S/c1-9(12)14-7-3-2-5-10(13)11-6-4-8-15-11/h4,6,8H,2-3,5,7H2,1H3. The maximum absolute atomic E-state index is 11.5. The average molecular weight is 226 g/mol. The van der Waals surface area contributed by atoms with Crippen LogP contribution in [0.25, 0.3) is 0 Å². The van der Waals surface area contributed by atoms with Crippen molar-refractivity contribution in [2.24, 2.45) is 0 Å². The second-order valence-corrected chi connectivity index (χ2v) is 4.15. The van der Waals surface area contributed by atoms with Gasteiger partial charge in [0.2, 0.25) is 0 Å². The Bertz CT molecular complexity index is 317. The van der Waals surface area contributed by atoms with Gasteiger partial charge >= 0.3 is 5.97 Å². The number of hydrogen-bond donors (Lipinski definition) is 0. The summed E-state index contributed by atoms with van der Waals surface area (Å²) in [6.07, 6.45) is 2.04. The lowest BCUT2D eigenvalue weighted by Gasteiger charge is -2.00. The zero-order valence-electron chi connectivity index (χ0n) is 8.69. The summed E-state index contributed by atoms with van der Waals surface area (Å²) in [5.74, 6) is -0.0904. The minimum Gasteiger partial charge on any atom is -0.466 e. The van der Waals surface area contributed by atoms with E-state index in [1.165, 1.54) is 18.3 Å². The number of carbonyl (C=O) groups excluding carboxylic acids is 2. The molecule has 0 bridgehead atoms. The van der Waals surface area contributed by atoms with Crippen LogP contribution >= 0.6 is 11.3 Å². The van der Waals surface area contributed by atoms with Crippen LogP contribution in [-0.2, 0) is 9.53 Å². The number of hydrogen-bond acceptors (Lipinski definition) is 4. The molecule has 0 spiro atoms. The highest BCUT2D eigenvalue weighted by molar-refractivity contribution is 7.12. The third-order valence-corrected chi connectivity index (χ3v) is 2.81. The molecule has 0 saturated carbocycles. The molecule has 1 aromatic rings. The van der Waals surface area contributed by atoms with Crippen LogP contribution in [-0.4, -0.2) is 18.4 Å². The first-order valence-electron chi connectivity index (χ1n) is 4.90. The molecule has 0 aliphatic heterocycles. The number of esters is 1. The predicted molar refractivity (Wildman–Crippen MR) is 59.1 cm³/mol. The molecule has 1 aromatic heterocycles. The van der Waals surface area contributed by atoms with Crippen LogP contribution in [0.1, 0.15) is 35.9 Å². The van der Waals surface area contributed by atoms with E-state index in [2.05, 4.69) is 0 Å². The molecule has 4 heteroatoms. The SMILES string of the molecule is CC(=O)OCCCCC(=O)c1cccs1. The number of Topliss-reactive ketones (excluding diaryl/α,β-unsaturated/α-hetero) is 1. The molecule has 3 nitrogen and oxygen atoms in total. The number of thiophene rings is 1. The van der Waals surface area contributed by atoms with Gasteiger partial charge in [-0.1, -0.05) is 6.07 Å². The molecule has 0 aliphatic rings. The number of unbranched alkanes of at least 4 members (excludes halogenated alkanes) is 1. The Balaban J connectivity index is 2.10. The topological polar surface area (TPSA) is 43.4 Å². The Morgan fingerprint density at radius 2 is 2.20 bits per heavy atom. The van der Waals surface area contributed by atoms with Crippen molar-refractivity contribution in [2.75, 3.05) is 6.61 Å². The summed E-state index contributed by atoms with van der Waals surface area (Å²) in [6.45, 7) is 1.80. The van der Waals surface area contributed by atoms with Gasteiger partial charge in [0, 0.05) is 13.3 Å². The van der Waals surface area contributed by atoms with E-state index in [4.69, 9.17) is 4.74 Å². The van der Waals surface area contributed by atoms with Crippen LogP contribution in [0.5, 0.6) is 0 Å². The average Bonchev–Trinajstić information content (AvgIpc) is 2.69. The van der Waals surface area contributed by atoms with Crippen molar-refractivity contribution in [1.29, 1.82) is 0 Å². The van der Waals surface area contributed by atoms with E-state index in [0.29, 0.717) is 13.0 Å². The summed E-state index contributed by atoms with van der Waals surface area (Å²) < 4.78 is 4.77. The van der Waals surface area contributed by atoms with Gasteiger partial charge < -0.3 is 4.74 Å². The first-order valence-corrected chi connectivity index (χ1v) is 5.78. The van der Waals surface area contributed by atoms with Crippen molar-refractivity contribution in [3.63, 3.8) is 0 Å². The van der Waals surface area contributed by atoms with Gasteiger partial charge in [-0.05, 0) is 24.3 Å². The highest BCUT2D eigenvalue weighted by atomic mass is 32.1. The van der Waals surface area contributed by atoms with Gasteiger partial charge in [0.25, 0.3) is 0 Å². The van der Waals surface area contributed by atoms with E-state index >= 15 is 0 Å². The Hall–Kier alpha value is -1.16. The fraction of sp³-hybridized carbons (Fsp3) is 0.455. The Morgan fingerprint density at radius 1 is 1.40 bits per heavy atom. The molecule has 0 amide bonds.